The van der Waals surface area contributed by atoms with E-state index in [1.165, 1.54) is 25.6 Å². The van der Waals surface area contributed by atoms with Gasteiger partial charge in [-0.1, -0.05) is 5.16 Å². The number of nitrogens with two attached hydrogens (primary N) is 3. The first-order valence-electron chi connectivity index (χ1n) is 14.9. The Morgan fingerprint density at radius 2 is 2.02 bits per heavy atom. The van der Waals surface area contributed by atoms with Gasteiger partial charge >= 0.3 is 11.9 Å². The van der Waals surface area contributed by atoms with Crippen molar-refractivity contribution in [3.05, 3.63) is 23.3 Å². The number of guanidine groups is 1. The van der Waals surface area contributed by atoms with Crippen LogP contribution < -0.4 is 37.4 Å². The average Bonchev–Trinajstić information content (AvgIpc) is 3.77. The predicted molar refractivity (Wildman–Crippen MR) is 182 cm³/mol. The molecule has 284 valence electrons. The highest BCUT2D eigenvalue weighted by Crippen LogP contribution is 2.40. The molecule has 1 saturated heterocycles. The van der Waals surface area contributed by atoms with Crippen molar-refractivity contribution < 1.29 is 56.4 Å². The van der Waals surface area contributed by atoms with Crippen LogP contribution in [0.25, 0.3) is 0 Å². The number of nitrogen functional groups attached to an aromatic ring is 1. The Bertz CT molecular complexity index is 1930. The zero-order chi connectivity index (χ0) is 38.7. The fourth-order valence-electron chi connectivity index (χ4n) is 5.11. The highest BCUT2D eigenvalue weighted by atomic mass is 32.3. The summed E-state index contributed by atoms with van der Waals surface area (Å²) < 4.78 is 40.5. The third-order valence-corrected chi connectivity index (χ3v) is 9.39. The molecular formula is C25H35N13O11S3. The van der Waals surface area contributed by atoms with Gasteiger partial charge in [-0.3, -0.25) is 24.5 Å². The minimum Gasteiger partial charge on any atom is -0.726 e. The van der Waals surface area contributed by atoms with E-state index in [0.29, 0.717) is 43.9 Å². The van der Waals surface area contributed by atoms with Gasteiger partial charge < -0.3 is 52.3 Å². The molecule has 0 aliphatic carbocycles. The molecule has 0 unspecified atom stereocenters. The first-order valence-corrected chi connectivity index (χ1v) is 18.1. The predicted octanol–water partition coefficient (Wildman–Crippen LogP) is -3.29. The van der Waals surface area contributed by atoms with Crippen LogP contribution in [0.5, 0.6) is 0 Å². The van der Waals surface area contributed by atoms with Crippen molar-refractivity contribution in [3.63, 3.8) is 0 Å². The van der Waals surface area contributed by atoms with E-state index in [-0.39, 0.29) is 34.9 Å². The fourth-order valence-corrected chi connectivity index (χ4v) is 6.88. The molecule has 3 aliphatic rings. The van der Waals surface area contributed by atoms with Crippen LogP contribution in [0.3, 0.4) is 0 Å². The molecule has 52 heavy (non-hydrogen) atoms. The first-order chi connectivity index (χ1) is 24.2. The molecule has 2 aromatic heterocycles. The number of nitrogens with zero attached hydrogens (tertiary/aromatic N) is 7. The molecule has 2 amide bonds. The van der Waals surface area contributed by atoms with Crippen molar-refractivity contribution >= 4 is 85.8 Å². The Balaban J connectivity index is 0.00000113. The van der Waals surface area contributed by atoms with Crippen molar-refractivity contribution in [1.29, 1.82) is 5.41 Å². The molecule has 24 nitrogen and oxygen atoms in total. The van der Waals surface area contributed by atoms with Gasteiger partial charge in [0.15, 0.2) is 29.1 Å². The van der Waals surface area contributed by atoms with E-state index in [4.69, 9.17) is 45.0 Å². The summed E-state index contributed by atoms with van der Waals surface area (Å²) in [6.07, 6.45) is 2.37. The second kappa shape index (κ2) is 15.7. The van der Waals surface area contributed by atoms with Gasteiger partial charge in [0.25, 0.3) is 11.8 Å². The number of fused-ring (bicyclic) bond motifs is 2. The van der Waals surface area contributed by atoms with Crippen LogP contribution in [-0.4, -0.2) is 125 Å². The van der Waals surface area contributed by atoms with E-state index < -0.39 is 56.9 Å². The molecular weight excluding hydrogens is 755 g/mol. The maximum atomic E-state index is 13.4. The van der Waals surface area contributed by atoms with Gasteiger partial charge in [0.1, 0.15) is 17.1 Å². The maximum Gasteiger partial charge on any atom is 0.352 e. The lowest BCUT2D eigenvalue weighted by Gasteiger charge is -2.49. The number of aliphatic carboxylic acids is 2. The number of hydrogen-bond donors (Lipinski definition) is 9. The summed E-state index contributed by atoms with van der Waals surface area (Å²) >= 11 is 2.03. The molecule has 0 bridgehead atoms. The second-order valence-corrected chi connectivity index (χ2v) is 14.3. The van der Waals surface area contributed by atoms with Gasteiger partial charge in [0, 0.05) is 35.9 Å². The van der Waals surface area contributed by atoms with Gasteiger partial charge in [0.05, 0.1) is 6.54 Å². The molecule has 5 rings (SSSR count). The summed E-state index contributed by atoms with van der Waals surface area (Å²) in [5, 5.41) is 36.4. The maximum absolute atomic E-state index is 13.4. The molecule has 0 saturated carbocycles. The lowest BCUT2D eigenvalue weighted by molar-refractivity contribution is -0.766. The lowest BCUT2D eigenvalue weighted by Crippen LogP contribution is -2.71. The van der Waals surface area contributed by atoms with E-state index >= 15 is 0 Å². The summed E-state index contributed by atoms with van der Waals surface area (Å²) in [6, 6.07) is -1.13. The number of oxime groups is 1. The quantitative estimate of drug-likeness (QED) is 0.0183. The number of anilines is 3. The van der Waals surface area contributed by atoms with Crippen molar-refractivity contribution in [1.82, 2.24) is 24.3 Å². The summed E-state index contributed by atoms with van der Waals surface area (Å²) in [5.41, 5.74) is 15.8. The Morgan fingerprint density at radius 1 is 1.35 bits per heavy atom. The number of amides is 2. The zero-order valence-electron chi connectivity index (χ0n) is 27.4. The summed E-state index contributed by atoms with van der Waals surface area (Å²) in [4.78, 5) is 62.5. The van der Waals surface area contributed by atoms with Crippen LogP contribution in [-0.2, 0) is 47.5 Å². The van der Waals surface area contributed by atoms with Crippen LogP contribution in [0.15, 0.2) is 22.6 Å². The van der Waals surface area contributed by atoms with Crippen molar-refractivity contribution in [2.45, 2.75) is 50.4 Å². The number of thioether (sulfide) groups is 1. The summed E-state index contributed by atoms with van der Waals surface area (Å²) in [7, 11) is -4.92. The second-order valence-electron chi connectivity index (χ2n) is 11.5. The Hall–Kier alpha value is -5.09. The summed E-state index contributed by atoms with van der Waals surface area (Å²) in [6.45, 7) is 4.60. The van der Waals surface area contributed by atoms with E-state index in [2.05, 4.69) is 25.1 Å². The summed E-state index contributed by atoms with van der Waals surface area (Å²) in [5.74, 6) is -3.72. The van der Waals surface area contributed by atoms with Crippen molar-refractivity contribution in [2.75, 3.05) is 41.3 Å². The van der Waals surface area contributed by atoms with Crippen LogP contribution in [0.4, 0.5) is 16.6 Å². The van der Waals surface area contributed by atoms with Gasteiger partial charge in [-0.2, -0.15) is 9.36 Å². The minimum atomic E-state index is -4.92. The Labute approximate surface area is 302 Å². The van der Waals surface area contributed by atoms with Crippen LogP contribution in [0, 0.1) is 5.41 Å². The molecule has 12 N–H and O–H groups in total. The van der Waals surface area contributed by atoms with Crippen LogP contribution >= 0.6 is 23.3 Å². The Kier molecular flexibility index (Phi) is 11.9. The molecule has 0 aromatic carbocycles. The normalized spacial score (nSPS) is 18.3. The van der Waals surface area contributed by atoms with Gasteiger partial charge in [0.2, 0.25) is 33.7 Å². The van der Waals surface area contributed by atoms with Crippen LogP contribution in [0.1, 0.15) is 26.1 Å². The number of β-lactam (4-membered cyclic amide) rings is 1. The Morgan fingerprint density at radius 3 is 2.58 bits per heavy atom. The SMILES string of the molecule is CC(C)(O/N=C(\C(=O)N[C@@H]1C(=O)N2C(C(=O)O)=C(C[n+]3cc(N(CCCN)C(=N)N)c4n3CCN4)CS[C@H]12)c1nsc(N)n1)C(=O)O.O=S(=O)([O-])O. The first kappa shape index (κ1) is 39.7. The largest absolute Gasteiger partial charge is 0.726 e. The zero-order valence-corrected chi connectivity index (χ0v) is 29.8. The highest BCUT2D eigenvalue weighted by molar-refractivity contribution is 8.00. The van der Waals surface area contributed by atoms with Gasteiger partial charge in [-0.15, -0.1) is 21.1 Å². The number of aromatic nitrogens is 4. The number of rotatable bonds is 13. The minimum absolute atomic E-state index is 0.00875. The van der Waals surface area contributed by atoms with Crippen molar-refractivity contribution in [2.24, 2.45) is 16.6 Å². The van der Waals surface area contributed by atoms with E-state index in [1.54, 1.807) is 11.1 Å². The highest BCUT2D eigenvalue weighted by Gasteiger charge is 2.55. The average molecular weight is 790 g/mol. The van der Waals surface area contributed by atoms with E-state index in [9.17, 15) is 29.4 Å². The smallest absolute Gasteiger partial charge is 0.352 e. The molecule has 0 spiro atoms. The van der Waals surface area contributed by atoms with Gasteiger partial charge in [-0.25, -0.2) is 18.0 Å². The van der Waals surface area contributed by atoms with Gasteiger partial charge in [-0.05, 0) is 26.8 Å². The fraction of sp³-hybridized carbons (Fsp3) is 0.480. The lowest BCUT2D eigenvalue weighted by atomic mass is 10.0. The van der Waals surface area contributed by atoms with E-state index in [1.807, 2.05) is 9.36 Å². The number of carboxylic acids is 2. The van der Waals surface area contributed by atoms with Crippen LogP contribution in [0.2, 0.25) is 0 Å². The molecule has 27 heteroatoms. The number of carbonyl (C=O) groups is 4. The van der Waals surface area contributed by atoms with Crippen molar-refractivity contribution in [3.8, 4) is 0 Å². The molecule has 1 fully saturated rings. The number of carbonyl (C=O) groups excluding carboxylic acids is 2. The third-order valence-electron chi connectivity index (χ3n) is 7.50. The van der Waals surface area contributed by atoms with E-state index in [0.717, 1.165) is 22.3 Å². The molecule has 5 heterocycles. The molecule has 2 aromatic rings. The third kappa shape index (κ3) is 8.85. The topological polar surface area (TPSA) is 375 Å². The standard InChI is InChI=1S/C25H33N13O7S2.H2O4S/c1-25(2,22(43)44)45-33-13(16-32-24(29)47-34-16)18(39)31-14-19(40)38-15(21(41)42)11(10-46-20(14)38)8-35-9-12(17-30-5-7-37(17)35)36(23(27)28)6-3-4-26;1-5(2,3)4/h9,14,20H,3-8,10,26H2,1-2H3,(H8,27,28,29,31,32,34,39,41,42,43,44);(H2,1,2,3,4)/b33-13-;/t14-,20-;/m1./s1. The molecule has 0 radical (unpaired) electrons. The molecule has 2 atom stereocenters. The monoisotopic (exact) mass is 789 g/mol. The number of hydrogen-bond acceptors (Lipinski definition) is 17. The number of nitrogens with one attached hydrogen (secondary N) is 3. The number of carboxylic acid groups (broad SMARTS) is 2. The molecule has 3 aliphatic heterocycles.